The van der Waals surface area contributed by atoms with Crippen LogP contribution in [0.4, 0.5) is 5.82 Å². The average molecular weight is 347 g/mol. The van der Waals surface area contributed by atoms with Gasteiger partial charge in [-0.2, -0.15) is 20.1 Å². The van der Waals surface area contributed by atoms with E-state index in [0.717, 1.165) is 44.3 Å². The summed E-state index contributed by atoms with van der Waals surface area (Å²) in [6, 6.07) is 2.05. The fraction of sp³-hybridized carbons (Fsp3) is 0.500. The number of carbonyl (C=O) groups is 1. The lowest BCUT2D eigenvalue weighted by molar-refractivity contribution is -0.116. The van der Waals surface area contributed by atoms with Gasteiger partial charge in [-0.3, -0.25) is 9.48 Å². The van der Waals surface area contributed by atoms with Crippen molar-refractivity contribution in [3.8, 4) is 11.9 Å². The van der Waals surface area contributed by atoms with Crippen LogP contribution in [0, 0.1) is 11.3 Å². The number of anilines is 1. The second kappa shape index (κ2) is 7.05. The molecular weight excluding hydrogens is 328 g/mol. The van der Waals surface area contributed by atoms with Gasteiger partial charge in [0.2, 0.25) is 5.91 Å². The van der Waals surface area contributed by atoms with Gasteiger partial charge in [0.1, 0.15) is 16.7 Å². The van der Waals surface area contributed by atoms with Gasteiger partial charge in [-0.15, -0.1) is 0 Å². The number of nitrogens with zero attached hydrogens (tertiary/aromatic N) is 5. The maximum atomic E-state index is 12.1. The molecule has 0 radical (unpaired) electrons. The number of rotatable bonds is 5. The number of fused-ring (bicyclic) bond motifs is 1. The molecule has 0 saturated heterocycles. The first-order valence-electron chi connectivity index (χ1n) is 8.19. The van der Waals surface area contributed by atoms with E-state index >= 15 is 0 Å². The maximum absolute atomic E-state index is 12.1. The van der Waals surface area contributed by atoms with Crippen molar-refractivity contribution in [2.45, 2.75) is 52.0 Å². The first-order valence-corrected chi connectivity index (χ1v) is 8.57. The van der Waals surface area contributed by atoms with Gasteiger partial charge >= 0.3 is 0 Å². The van der Waals surface area contributed by atoms with E-state index in [9.17, 15) is 10.1 Å². The Balaban J connectivity index is 1.97. The van der Waals surface area contributed by atoms with Crippen molar-refractivity contribution >= 4 is 23.3 Å². The Morgan fingerprint density at radius 2 is 2.33 bits per heavy atom. The summed E-state index contributed by atoms with van der Waals surface area (Å²) in [6.07, 6.45) is 6.56. The highest BCUT2D eigenvalue weighted by molar-refractivity contribution is 6.33. The molecule has 0 saturated carbocycles. The second-order valence-electron chi connectivity index (χ2n) is 5.85. The Hall–Kier alpha value is -2.33. The molecule has 1 N–H and O–H groups in total. The van der Waals surface area contributed by atoms with Crippen LogP contribution in [0.3, 0.4) is 0 Å². The standard InChI is InChI=1S/C16H19ClN6O/c1-2-3-7-13(24)20-15-11(9-18)10-19-23(15)16-14(17)12-6-4-5-8-22(12)21-16/h10H,2-8H2,1H3,(H,20,24). The summed E-state index contributed by atoms with van der Waals surface area (Å²) in [5, 5.41) is 21.3. The third kappa shape index (κ3) is 3.02. The second-order valence-corrected chi connectivity index (χ2v) is 6.22. The molecule has 0 aromatic carbocycles. The minimum absolute atomic E-state index is 0.143. The lowest BCUT2D eigenvalue weighted by atomic mass is 10.1. The Morgan fingerprint density at radius 1 is 1.50 bits per heavy atom. The summed E-state index contributed by atoms with van der Waals surface area (Å²) >= 11 is 6.48. The van der Waals surface area contributed by atoms with Crippen LogP contribution in [0.25, 0.3) is 5.82 Å². The monoisotopic (exact) mass is 346 g/mol. The zero-order valence-electron chi connectivity index (χ0n) is 13.5. The molecular formula is C16H19ClN6O. The van der Waals surface area contributed by atoms with Gasteiger partial charge in [0.15, 0.2) is 11.6 Å². The molecule has 8 heteroatoms. The molecule has 0 atom stereocenters. The van der Waals surface area contributed by atoms with Crippen molar-refractivity contribution in [1.29, 1.82) is 5.26 Å². The van der Waals surface area contributed by atoms with Crippen LogP contribution in [-0.2, 0) is 17.8 Å². The number of aryl methyl sites for hydroxylation is 1. The Bertz CT molecular complexity index is 800. The van der Waals surface area contributed by atoms with Gasteiger partial charge in [-0.25, -0.2) is 0 Å². The third-order valence-electron chi connectivity index (χ3n) is 4.12. The first kappa shape index (κ1) is 16.5. The SMILES string of the molecule is CCCCC(=O)Nc1c(C#N)cnn1-c1nn2c(c1Cl)CCCC2. The van der Waals surface area contributed by atoms with Crippen molar-refractivity contribution in [1.82, 2.24) is 19.6 Å². The molecule has 1 aliphatic heterocycles. The zero-order valence-corrected chi connectivity index (χ0v) is 14.3. The lowest BCUT2D eigenvalue weighted by Gasteiger charge is -2.12. The van der Waals surface area contributed by atoms with E-state index in [4.69, 9.17) is 11.6 Å². The highest BCUT2D eigenvalue weighted by atomic mass is 35.5. The van der Waals surface area contributed by atoms with E-state index in [1.165, 1.54) is 10.9 Å². The maximum Gasteiger partial charge on any atom is 0.225 e. The fourth-order valence-corrected chi connectivity index (χ4v) is 3.13. The zero-order chi connectivity index (χ0) is 17.1. The topological polar surface area (TPSA) is 88.5 Å². The number of halogens is 1. The van der Waals surface area contributed by atoms with Crippen LogP contribution >= 0.6 is 11.6 Å². The van der Waals surface area contributed by atoms with Crippen LogP contribution < -0.4 is 5.32 Å². The molecule has 0 unspecified atom stereocenters. The lowest BCUT2D eigenvalue weighted by Crippen LogP contribution is -2.16. The minimum Gasteiger partial charge on any atom is -0.309 e. The molecule has 1 aliphatic rings. The summed E-state index contributed by atoms with van der Waals surface area (Å²) in [6.45, 7) is 2.84. The molecule has 0 fully saturated rings. The summed E-state index contributed by atoms with van der Waals surface area (Å²) in [4.78, 5) is 12.1. The van der Waals surface area contributed by atoms with Crippen LogP contribution in [0.5, 0.6) is 0 Å². The summed E-state index contributed by atoms with van der Waals surface area (Å²) in [5.41, 5.74) is 1.28. The number of nitriles is 1. The van der Waals surface area contributed by atoms with E-state index in [1.807, 2.05) is 11.6 Å². The average Bonchev–Trinajstić information content (AvgIpc) is 3.14. The molecule has 126 valence electrons. The number of hydrogen-bond acceptors (Lipinski definition) is 4. The first-order chi connectivity index (χ1) is 11.7. The molecule has 3 rings (SSSR count). The van der Waals surface area contributed by atoms with Gasteiger partial charge in [0.05, 0.1) is 11.9 Å². The van der Waals surface area contributed by atoms with Crippen molar-refractivity contribution in [3.63, 3.8) is 0 Å². The minimum atomic E-state index is -0.143. The summed E-state index contributed by atoms with van der Waals surface area (Å²) in [7, 11) is 0. The van der Waals surface area contributed by atoms with Gasteiger partial charge < -0.3 is 5.32 Å². The summed E-state index contributed by atoms with van der Waals surface area (Å²) in [5.74, 6) is 0.645. The van der Waals surface area contributed by atoms with Crippen molar-refractivity contribution < 1.29 is 4.79 Å². The van der Waals surface area contributed by atoms with E-state index in [0.29, 0.717) is 28.6 Å². The highest BCUT2D eigenvalue weighted by Gasteiger charge is 2.24. The van der Waals surface area contributed by atoms with Crippen molar-refractivity contribution in [2.75, 3.05) is 5.32 Å². The van der Waals surface area contributed by atoms with E-state index in [1.54, 1.807) is 0 Å². The molecule has 0 aliphatic carbocycles. The molecule has 0 spiro atoms. The van der Waals surface area contributed by atoms with Crippen molar-refractivity contribution in [2.24, 2.45) is 0 Å². The fourth-order valence-electron chi connectivity index (χ4n) is 2.82. The molecule has 2 aromatic heterocycles. The largest absolute Gasteiger partial charge is 0.309 e. The molecule has 24 heavy (non-hydrogen) atoms. The molecule has 2 aromatic rings. The van der Waals surface area contributed by atoms with Crippen LogP contribution in [0.15, 0.2) is 6.20 Å². The predicted octanol–water partition coefficient (Wildman–Crippen LogP) is 3.06. The van der Waals surface area contributed by atoms with Gasteiger partial charge in [-0.05, 0) is 25.7 Å². The number of carbonyl (C=O) groups excluding carboxylic acids is 1. The Morgan fingerprint density at radius 3 is 3.04 bits per heavy atom. The van der Waals surface area contributed by atoms with Crippen LogP contribution in [0.1, 0.15) is 50.3 Å². The highest BCUT2D eigenvalue weighted by Crippen LogP contribution is 2.31. The van der Waals surface area contributed by atoms with E-state index in [2.05, 4.69) is 21.6 Å². The number of aromatic nitrogens is 4. The molecule has 1 amide bonds. The predicted molar refractivity (Wildman–Crippen MR) is 90.2 cm³/mol. The number of hydrogen-bond donors (Lipinski definition) is 1. The normalized spacial score (nSPS) is 13.4. The number of amides is 1. The summed E-state index contributed by atoms with van der Waals surface area (Å²) < 4.78 is 3.34. The number of unbranched alkanes of at least 4 members (excludes halogenated alkanes) is 1. The quantitative estimate of drug-likeness (QED) is 0.901. The van der Waals surface area contributed by atoms with Gasteiger partial charge in [-0.1, -0.05) is 24.9 Å². The third-order valence-corrected chi connectivity index (χ3v) is 4.50. The van der Waals surface area contributed by atoms with E-state index in [-0.39, 0.29) is 5.91 Å². The molecule has 7 nitrogen and oxygen atoms in total. The van der Waals surface area contributed by atoms with Crippen LogP contribution in [0.2, 0.25) is 5.02 Å². The van der Waals surface area contributed by atoms with Crippen molar-refractivity contribution in [3.05, 3.63) is 22.5 Å². The van der Waals surface area contributed by atoms with Gasteiger partial charge in [0.25, 0.3) is 0 Å². The number of nitrogens with one attached hydrogen (secondary N) is 1. The van der Waals surface area contributed by atoms with Crippen LogP contribution in [-0.4, -0.2) is 25.5 Å². The smallest absolute Gasteiger partial charge is 0.225 e. The Labute approximate surface area is 145 Å². The van der Waals surface area contributed by atoms with Gasteiger partial charge in [0, 0.05) is 13.0 Å². The Kier molecular flexibility index (Phi) is 4.86. The van der Waals surface area contributed by atoms with E-state index < -0.39 is 0 Å². The molecule has 0 bridgehead atoms. The molecule has 3 heterocycles.